The molecule has 5 nitrogen and oxygen atoms in total. The van der Waals surface area contributed by atoms with E-state index in [0.717, 1.165) is 11.1 Å². The van der Waals surface area contributed by atoms with E-state index < -0.39 is 21.6 Å². The number of halogens is 1. The van der Waals surface area contributed by atoms with Gasteiger partial charge in [0.1, 0.15) is 5.60 Å². The first-order chi connectivity index (χ1) is 15.0. The summed E-state index contributed by atoms with van der Waals surface area (Å²) < 4.78 is 33.9. The highest BCUT2D eigenvalue weighted by Gasteiger charge is 2.30. The van der Waals surface area contributed by atoms with Crippen LogP contribution in [0.5, 0.6) is 0 Å². The molecule has 0 aromatic heterocycles. The topological polar surface area (TPSA) is 63.7 Å². The normalized spacial score (nSPS) is 13.4. The van der Waals surface area contributed by atoms with Gasteiger partial charge in [0.15, 0.2) is 0 Å². The molecular weight excluding hydrogens is 490 g/mol. The Morgan fingerprint density at radius 2 is 1.72 bits per heavy atom. The predicted octanol–water partition coefficient (Wildman–Crippen LogP) is 5.28. The highest BCUT2D eigenvalue weighted by molar-refractivity contribution is 9.09. The van der Waals surface area contributed by atoms with E-state index in [1.807, 2.05) is 37.3 Å². The monoisotopic (exact) mass is 521 g/mol. The number of ether oxygens (including phenoxy) is 1. The van der Waals surface area contributed by atoms with Crippen LogP contribution in [0.3, 0.4) is 0 Å². The van der Waals surface area contributed by atoms with Crippen LogP contribution in [-0.4, -0.2) is 42.2 Å². The Kier molecular flexibility index (Phi) is 9.67. The van der Waals surface area contributed by atoms with Gasteiger partial charge in [-0.25, -0.2) is 13.2 Å². The Morgan fingerprint density at radius 3 is 2.28 bits per heavy atom. The van der Waals surface area contributed by atoms with Crippen LogP contribution in [0.1, 0.15) is 38.3 Å². The summed E-state index contributed by atoms with van der Waals surface area (Å²) in [5.74, 6) is -0.438. The molecule has 0 bridgehead atoms. The van der Waals surface area contributed by atoms with Crippen molar-refractivity contribution in [1.29, 1.82) is 0 Å². The van der Waals surface area contributed by atoms with Gasteiger partial charge in [-0.15, -0.1) is 0 Å². The summed E-state index contributed by atoms with van der Waals surface area (Å²) in [6.45, 7) is 7.58. The van der Waals surface area contributed by atoms with Crippen LogP contribution >= 0.6 is 15.9 Å². The Morgan fingerprint density at radius 1 is 1.09 bits per heavy atom. The van der Waals surface area contributed by atoms with Gasteiger partial charge >= 0.3 is 5.97 Å². The summed E-state index contributed by atoms with van der Waals surface area (Å²) in [4.78, 5) is 12.2. The van der Waals surface area contributed by atoms with Gasteiger partial charge in [0, 0.05) is 24.0 Å². The molecule has 0 fully saturated rings. The van der Waals surface area contributed by atoms with E-state index in [2.05, 4.69) is 15.9 Å². The van der Waals surface area contributed by atoms with E-state index in [1.54, 1.807) is 51.1 Å². The third-order valence-electron chi connectivity index (χ3n) is 4.70. The number of esters is 1. The first-order valence-electron chi connectivity index (χ1n) is 10.6. The Labute approximate surface area is 200 Å². The molecule has 0 saturated heterocycles. The van der Waals surface area contributed by atoms with E-state index >= 15 is 0 Å². The van der Waals surface area contributed by atoms with Crippen molar-refractivity contribution in [3.8, 4) is 0 Å². The summed E-state index contributed by atoms with van der Waals surface area (Å²) in [7, 11) is -3.73. The average Bonchev–Trinajstić information content (AvgIpc) is 2.72. The van der Waals surface area contributed by atoms with Crippen molar-refractivity contribution in [2.45, 2.75) is 57.1 Å². The minimum Gasteiger partial charge on any atom is -0.457 e. The average molecular weight is 523 g/mol. The molecule has 0 heterocycles. The van der Waals surface area contributed by atoms with E-state index in [1.165, 1.54) is 10.4 Å². The number of rotatable bonds is 10. The highest BCUT2D eigenvalue weighted by atomic mass is 79.9. The Bertz CT molecular complexity index is 996. The van der Waals surface area contributed by atoms with Gasteiger partial charge in [-0.1, -0.05) is 70.0 Å². The van der Waals surface area contributed by atoms with Crippen LogP contribution in [0.25, 0.3) is 0 Å². The summed E-state index contributed by atoms with van der Waals surface area (Å²) >= 11 is 3.52. The number of sulfonamides is 1. The molecule has 0 aliphatic carbocycles. The summed E-state index contributed by atoms with van der Waals surface area (Å²) in [5, 5.41) is 0.489. The molecule has 32 heavy (non-hydrogen) atoms. The molecule has 0 unspecified atom stereocenters. The second-order valence-corrected chi connectivity index (χ2v) is 11.2. The van der Waals surface area contributed by atoms with Crippen LogP contribution in [0.2, 0.25) is 0 Å². The molecule has 0 radical (unpaired) electrons. The van der Waals surface area contributed by atoms with Crippen LogP contribution in [0.15, 0.2) is 71.6 Å². The number of carbonyl (C=O) groups excluding carboxylic acids is 1. The minimum absolute atomic E-state index is 0.249. The fourth-order valence-corrected chi connectivity index (χ4v) is 5.59. The maximum atomic E-state index is 13.5. The number of aryl methyl sites for hydroxylation is 1. The van der Waals surface area contributed by atoms with E-state index in [4.69, 9.17) is 4.74 Å². The zero-order valence-electron chi connectivity index (χ0n) is 19.1. The number of carbonyl (C=O) groups is 1. The fraction of sp³-hybridized carbons (Fsp3) is 0.400. The Balaban J connectivity index is 2.25. The molecule has 2 aromatic carbocycles. The molecule has 2 rings (SSSR count). The molecule has 1 atom stereocenters. The summed E-state index contributed by atoms with van der Waals surface area (Å²) in [6, 6.07) is 16.4. The van der Waals surface area contributed by atoms with Gasteiger partial charge in [-0.05, 0) is 58.2 Å². The first-order valence-corrected chi connectivity index (χ1v) is 13.2. The van der Waals surface area contributed by atoms with Gasteiger partial charge in [0.05, 0.1) is 4.90 Å². The number of hydrogen-bond donors (Lipinski definition) is 0. The lowest BCUT2D eigenvalue weighted by molar-refractivity contribution is -0.148. The number of alkyl halides is 1. The van der Waals surface area contributed by atoms with Crippen molar-refractivity contribution in [2.24, 2.45) is 0 Å². The second-order valence-electron chi connectivity index (χ2n) is 8.65. The second kappa shape index (κ2) is 11.8. The molecule has 7 heteroatoms. The van der Waals surface area contributed by atoms with Gasteiger partial charge in [0.25, 0.3) is 0 Å². The maximum Gasteiger partial charge on any atom is 0.330 e. The number of hydrogen-bond acceptors (Lipinski definition) is 4. The SMILES string of the molecule is Cc1ccc(S(=O)(=O)N(CC/C=C/C(=O)OC(C)(C)C)[C@H](CBr)Cc2ccccc2)cc1. The number of nitrogens with zero attached hydrogens (tertiary/aromatic N) is 1. The molecule has 174 valence electrons. The lowest BCUT2D eigenvalue weighted by Gasteiger charge is -2.30. The van der Waals surface area contributed by atoms with Crippen molar-refractivity contribution < 1.29 is 17.9 Å². The third kappa shape index (κ3) is 8.19. The third-order valence-corrected chi connectivity index (χ3v) is 7.42. The first kappa shape index (κ1) is 26.3. The van der Waals surface area contributed by atoms with Crippen molar-refractivity contribution in [2.75, 3.05) is 11.9 Å². The van der Waals surface area contributed by atoms with Crippen molar-refractivity contribution in [1.82, 2.24) is 4.31 Å². The van der Waals surface area contributed by atoms with Crippen molar-refractivity contribution in [3.05, 3.63) is 77.9 Å². The van der Waals surface area contributed by atoms with Crippen molar-refractivity contribution in [3.63, 3.8) is 0 Å². The highest BCUT2D eigenvalue weighted by Crippen LogP contribution is 2.23. The van der Waals surface area contributed by atoms with E-state index in [0.29, 0.717) is 18.2 Å². The quantitative estimate of drug-likeness (QED) is 0.242. The minimum atomic E-state index is -3.73. The predicted molar refractivity (Wildman–Crippen MR) is 132 cm³/mol. The van der Waals surface area contributed by atoms with E-state index in [-0.39, 0.29) is 17.5 Å². The summed E-state index contributed by atoms with van der Waals surface area (Å²) in [6.07, 6.45) is 4.00. The van der Waals surface area contributed by atoms with Crippen LogP contribution in [0, 0.1) is 6.92 Å². The molecule has 0 amide bonds. The molecule has 2 aromatic rings. The fourth-order valence-electron chi connectivity index (χ4n) is 3.18. The van der Waals surface area contributed by atoms with Gasteiger partial charge in [0.2, 0.25) is 10.0 Å². The largest absolute Gasteiger partial charge is 0.457 e. The lowest BCUT2D eigenvalue weighted by Crippen LogP contribution is -2.43. The molecule has 0 N–H and O–H groups in total. The standard InChI is InChI=1S/C25H32BrNO4S/c1-20-13-15-23(16-14-20)32(29,30)27(17-9-8-12-24(28)31-25(2,3)4)22(19-26)18-21-10-6-5-7-11-21/h5-8,10-16,22H,9,17-19H2,1-4H3/b12-8+/t22-/m0/s1. The van der Waals surface area contributed by atoms with Crippen LogP contribution < -0.4 is 0 Å². The maximum absolute atomic E-state index is 13.5. The van der Waals surface area contributed by atoms with Crippen molar-refractivity contribution >= 4 is 31.9 Å². The molecule has 0 aliphatic heterocycles. The summed E-state index contributed by atoms with van der Waals surface area (Å²) in [5.41, 5.74) is 1.49. The van der Waals surface area contributed by atoms with Gasteiger partial charge in [-0.3, -0.25) is 0 Å². The Hall–Kier alpha value is -1.96. The van der Waals surface area contributed by atoms with Crippen LogP contribution in [-0.2, 0) is 26.0 Å². The zero-order chi connectivity index (χ0) is 23.8. The molecule has 0 spiro atoms. The number of benzene rings is 2. The van der Waals surface area contributed by atoms with E-state index in [9.17, 15) is 13.2 Å². The van der Waals surface area contributed by atoms with Crippen LogP contribution in [0.4, 0.5) is 0 Å². The smallest absolute Gasteiger partial charge is 0.330 e. The zero-order valence-corrected chi connectivity index (χ0v) is 21.5. The lowest BCUT2D eigenvalue weighted by atomic mass is 10.1. The molecule has 0 aliphatic rings. The van der Waals surface area contributed by atoms with Gasteiger partial charge in [-0.2, -0.15) is 4.31 Å². The molecule has 0 saturated carbocycles. The van der Waals surface area contributed by atoms with Gasteiger partial charge < -0.3 is 4.74 Å². The molecular formula is C25H32BrNO4S.